The average molecular weight is 380 g/mol. The molecule has 138 valence electrons. The van der Waals surface area contributed by atoms with E-state index in [-0.39, 0.29) is 5.56 Å². The van der Waals surface area contributed by atoms with Crippen LogP contribution in [-0.2, 0) is 11.3 Å². The normalized spacial score (nSPS) is 11.4. The minimum Gasteiger partial charge on any atom is -0.381 e. The average Bonchev–Trinajstić information content (AvgIpc) is 3.13. The van der Waals surface area contributed by atoms with E-state index in [1.165, 1.54) is 0 Å². The first-order valence-corrected chi connectivity index (χ1v) is 9.89. The molecule has 0 radical (unpaired) electrons. The molecule has 0 saturated carbocycles. The second-order valence-electron chi connectivity index (χ2n) is 6.06. The summed E-state index contributed by atoms with van der Waals surface area (Å²) in [6.07, 6.45) is 0. The zero-order valence-corrected chi connectivity index (χ0v) is 15.9. The monoisotopic (exact) mass is 380 g/mol. The van der Waals surface area contributed by atoms with Gasteiger partial charge in [-0.05, 0) is 24.6 Å². The third-order valence-corrected chi connectivity index (χ3v) is 5.22. The first-order chi connectivity index (χ1) is 13.3. The number of para-hydroxylation sites is 1. The summed E-state index contributed by atoms with van der Waals surface area (Å²) in [5.74, 6) is 1.34. The molecule has 0 N–H and O–H groups in total. The van der Waals surface area contributed by atoms with Crippen LogP contribution in [0, 0.1) is 0 Å². The maximum Gasteiger partial charge on any atom is 0.263 e. The highest BCUT2D eigenvalue weighted by Crippen LogP contribution is 2.21. The number of rotatable bonds is 7. The molecule has 0 spiro atoms. The van der Waals surface area contributed by atoms with Gasteiger partial charge in [-0.25, -0.2) is 0 Å². The highest BCUT2D eigenvalue weighted by atomic mass is 32.2. The third kappa shape index (κ3) is 3.48. The predicted molar refractivity (Wildman–Crippen MR) is 108 cm³/mol. The molecule has 0 aliphatic carbocycles. The smallest absolute Gasteiger partial charge is 0.263 e. The maximum atomic E-state index is 13.1. The second-order valence-corrected chi connectivity index (χ2v) is 7.12. The standard InChI is InChI=1S/C20H20N4O2S/c1-2-26-12-13-27-20-22-21-19-23(14-15-8-4-3-5-9-15)18(25)16-10-6-7-11-17(16)24(19)20/h3-11H,2,12-14H2,1H3. The Morgan fingerprint density at radius 1 is 1.04 bits per heavy atom. The molecule has 2 aromatic carbocycles. The van der Waals surface area contributed by atoms with Crippen molar-refractivity contribution in [2.75, 3.05) is 19.0 Å². The van der Waals surface area contributed by atoms with Crippen LogP contribution in [0.3, 0.4) is 0 Å². The molecule has 4 aromatic rings. The van der Waals surface area contributed by atoms with Crippen molar-refractivity contribution in [3.8, 4) is 0 Å². The van der Waals surface area contributed by atoms with Gasteiger partial charge in [0.15, 0.2) is 5.16 Å². The Kier molecular flexibility index (Phi) is 5.22. The fourth-order valence-corrected chi connectivity index (χ4v) is 3.86. The zero-order chi connectivity index (χ0) is 18.6. The first-order valence-electron chi connectivity index (χ1n) is 8.90. The predicted octanol–water partition coefficient (Wildman–Crippen LogP) is 3.22. The number of aromatic nitrogens is 4. The fraction of sp³-hybridized carbons (Fsp3) is 0.250. The topological polar surface area (TPSA) is 61.4 Å². The number of nitrogens with zero attached hydrogens (tertiary/aromatic N) is 4. The van der Waals surface area contributed by atoms with Gasteiger partial charge in [-0.3, -0.25) is 13.8 Å². The number of thioether (sulfide) groups is 1. The van der Waals surface area contributed by atoms with Gasteiger partial charge in [0.05, 0.1) is 24.1 Å². The van der Waals surface area contributed by atoms with Crippen LogP contribution in [0.2, 0.25) is 0 Å². The summed E-state index contributed by atoms with van der Waals surface area (Å²) >= 11 is 1.58. The van der Waals surface area contributed by atoms with Crippen molar-refractivity contribution in [3.63, 3.8) is 0 Å². The summed E-state index contributed by atoms with van der Waals surface area (Å²) in [6.45, 7) is 3.78. The van der Waals surface area contributed by atoms with Gasteiger partial charge in [0.2, 0.25) is 5.78 Å². The summed E-state index contributed by atoms with van der Waals surface area (Å²) in [5.41, 5.74) is 1.82. The lowest BCUT2D eigenvalue weighted by Gasteiger charge is -2.11. The summed E-state index contributed by atoms with van der Waals surface area (Å²) in [7, 11) is 0. The Morgan fingerprint density at radius 3 is 2.63 bits per heavy atom. The number of fused-ring (bicyclic) bond motifs is 3. The first kappa shape index (κ1) is 17.8. The van der Waals surface area contributed by atoms with Gasteiger partial charge in [0.1, 0.15) is 0 Å². The van der Waals surface area contributed by atoms with Crippen LogP contribution in [0.5, 0.6) is 0 Å². The van der Waals surface area contributed by atoms with E-state index in [2.05, 4.69) is 10.2 Å². The molecule has 0 amide bonds. The Balaban J connectivity index is 1.85. The van der Waals surface area contributed by atoms with Crippen LogP contribution >= 0.6 is 11.8 Å². The summed E-state index contributed by atoms with van der Waals surface area (Å²) in [4.78, 5) is 13.1. The zero-order valence-electron chi connectivity index (χ0n) is 15.0. The van der Waals surface area contributed by atoms with Crippen LogP contribution in [0.25, 0.3) is 16.7 Å². The number of hydrogen-bond acceptors (Lipinski definition) is 5. The van der Waals surface area contributed by atoms with Crippen LogP contribution in [-0.4, -0.2) is 38.1 Å². The molecule has 2 heterocycles. The van der Waals surface area contributed by atoms with E-state index in [0.717, 1.165) is 22.0 Å². The van der Waals surface area contributed by atoms with Gasteiger partial charge in [0, 0.05) is 12.4 Å². The lowest BCUT2D eigenvalue weighted by Crippen LogP contribution is -2.24. The highest BCUT2D eigenvalue weighted by Gasteiger charge is 2.16. The van der Waals surface area contributed by atoms with Gasteiger partial charge in [-0.2, -0.15) is 0 Å². The van der Waals surface area contributed by atoms with Crippen molar-refractivity contribution in [2.45, 2.75) is 18.6 Å². The third-order valence-electron chi connectivity index (χ3n) is 4.32. The fourth-order valence-electron chi connectivity index (χ4n) is 3.07. The second kappa shape index (κ2) is 7.94. The molecule has 0 aliphatic heterocycles. The van der Waals surface area contributed by atoms with Crippen molar-refractivity contribution in [2.24, 2.45) is 0 Å². The molecule has 0 aliphatic rings. The molecule has 0 atom stereocenters. The van der Waals surface area contributed by atoms with Crippen molar-refractivity contribution in [1.29, 1.82) is 0 Å². The van der Waals surface area contributed by atoms with Crippen molar-refractivity contribution >= 4 is 28.4 Å². The lowest BCUT2D eigenvalue weighted by molar-refractivity contribution is 0.164. The molecule has 0 unspecified atom stereocenters. The van der Waals surface area contributed by atoms with Gasteiger partial charge < -0.3 is 4.74 Å². The number of benzene rings is 2. The minimum atomic E-state index is -0.0554. The SMILES string of the molecule is CCOCCSc1nnc2n(Cc3ccccc3)c(=O)c3ccccc3n12. The van der Waals surface area contributed by atoms with Crippen molar-refractivity contribution in [1.82, 2.24) is 19.2 Å². The molecule has 4 rings (SSSR count). The largest absolute Gasteiger partial charge is 0.381 e. The van der Waals surface area contributed by atoms with E-state index in [1.54, 1.807) is 16.3 Å². The quantitative estimate of drug-likeness (QED) is 0.364. The van der Waals surface area contributed by atoms with E-state index in [9.17, 15) is 4.79 Å². The van der Waals surface area contributed by atoms with Crippen LogP contribution in [0.4, 0.5) is 0 Å². The van der Waals surface area contributed by atoms with E-state index in [1.807, 2.05) is 65.9 Å². The van der Waals surface area contributed by atoms with Crippen LogP contribution < -0.4 is 5.56 Å². The molecule has 0 bridgehead atoms. The van der Waals surface area contributed by atoms with Crippen molar-refractivity contribution in [3.05, 3.63) is 70.5 Å². The molecular weight excluding hydrogens is 360 g/mol. The maximum absolute atomic E-state index is 13.1. The Labute approximate surface area is 160 Å². The van der Waals surface area contributed by atoms with E-state index < -0.39 is 0 Å². The molecule has 0 fully saturated rings. The number of hydrogen-bond donors (Lipinski definition) is 0. The number of ether oxygens (including phenoxy) is 1. The molecular formula is C20H20N4O2S. The molecule has 2 aromatic heterocycles. The summed E-state index contributed by atoms with van der Waals surface area (Å²) in [6, 6.07) is 17.5. The van der Waals surface area contributed by atoms with Gasteiger partial charge in [0.25, 0.3) is 5.56 Å². The van der Waals surface area contributed by atoms with Gasteiger partial charge in [-0.1, -0.05) is 54.2 Å². The molecule has 27 heavy (non-hydrogen) atoms. The van der Waals surface area contributed by atoms with E-state index >= 15 is 0 Å². The lowest BCUT2D eigenvalue weighted by atomic mass is 10.2. The minimum absolute atomic E-state index is 0.0554. The highest BCUT2D eigenvalue weighted by molar-refractivity contribution is 7.99. The van der Waals surface area contributed by atoms with Gasteiger partial charge >= 0.3 is 0 Å². The molecule has 0 saturated heterocycles. The summed E-state index contributed by atoms with van der Waals surface area (Å²) in [5, 5.41) is 10.1. The van der Waals surface area contributed by atoms with Gasteiger partial charge in [-0.15, -0.1) is 10.2 Å². The molecule has 6 nitrogen and oxygen atoms in total. The van der Waals surface area contributed by atoms with E-state index in [0.29, 0.717) is 30.9 Å². The summed E-state index contributed by atoms with van der Waals surface area (Å²) < 4.78 is 9.08. The van der Waals surface area contributed by atoms with Crippen molar-refractivity contribution < 1.29 is 4.74 Å². The molecule has 7 heteroatoms. The van der Waals surface area contributed by atoms with Crippen LogP contribution in [0.15, 0.2) is 64.5 Å². The Bertz CT molecular complexity index is 1120. The Morgan fingerprint density at radius 2 is 1.81 bits per heavy atom. The Hall–Kier alpha value is -2.64. The van der Waals surface area contributed by atoms with E-state index in [4.69, 9.17) is 4.74 Å². The van der Waals surface area contributed by atoms with Crippen LogP contribution in [0.1, 0.15) is 12.5 Å².